The number of carbonyl (C=O) groups is 1. The Hall–Kier alpha value is -2.56. The molecule has 0 aliphatic rings. The number of halogens is 1. The first-order valence-corrected chi connectivity index (χ1v) is 7.36. The minimum Gasteiger partial charge on any atom is -0.497 e. The molecule has 0 aliphatic carbocycles. The van der Waals surface area contributed by atoms with Gasteiger partial charge < -0.3 is 14.8 Å². The van der Waals surface area contributed by atoms with Crippen LogP contribution in [0.25, 0.3) is 0 Å². The number of nitrogens with one attached hydrogen (secondary N) is 1. The van der Waals surface area contributed by atoms with Crippen LogP contribution in [-0.2, 0) is 4.79 Å². The predicted octanol–water partition coefficient (Wildman–Crippen LogP) is 3.48. The maximum Gasteiger partial charge on any atom is 0.261 e. The van der Waals surface area contributed by atoms with Crippen molar-refractivity contribution in [2.24, 2.45) is 0 Å². The highest BCUT2D eigenvalue weighted by atomic mass is 19.1. The second kappa shape index (κ2) is 7.63. The van der Waals surface area contributed by atoms with Gasteiger partial charge in [0.15, 0.2) is 6.10 Å². The molecule has 2 rings (SSSR count). The third-order valence-corrected chi connectivity index (χ3v) is 3.47. The van der Waals surface area contributed by atoms with Gasteiger partial charge in [-0.2, -0.15) is 0 Å². The van der Waals surface area contributed by atoms with Crippen molar-refractivity contribution in [3.05, 3.63) is 59.9 Å². The summed E-state index contributed by atoms with van der Waals surface area (Å²) in [7, 11) is 1.61. The molecule has 2 aromatic rings. The lowest BCUT2D eigenvalue weighted by Gasteiger charge is -2.19. The van der Waals surface area contributed by atoms with E-state index in [0.717, 1.165) is 11.3 Å². The molecule has 1 N–H and O–H groups in total. The maximum absolute atomic E-state index is 12.9. The molecule has 4 nitrogen and oxygen atoms in total. The fraction of sp³-hybridized carbons (Fsp3) is 0.278. The topological polar surface area (TPSA) is 47.6 Å². The zero-order chi connectivity index (χ0) is 16.8. The van der Waals surface area contributed by atoms with E-state index in [4.69, 9.17) is 9.47 Å². The molecule has 0 spiro atoms. The minimum atomic E-state index is -0.679. The first kappa shape index (κ1) is 16.8. The summed E-state index contributed by atoms with van der Waals surface area (Å²) in [6.07, 6.45) is -0.679. The fourth-order valence-corrected chi connectivity index (χ4v) is 2.08. The van der Waals surface area contributed by atoms with Gasteiger partial charge in [-0.05, 0) is 55.8 Å². The van der Waals surface area contributed by atoms with E-state index in [1.165, 1.54) is 24.3 Å². The zero-order valence-electron chi connectivity index (χ0n) is 13.4. The first-order valence-electron chi connectivity index (χ1n) is 7.36. The molecular formula is C18H20FNO3. The van der Waals surface area contributed by atoms with Crippen molar-refractivity contribution in [2.45, 2.75) is 26.0 Å². The van der Waals surface area contributed by atoms with Gasteiger partial charge in [0.1, 0.15) is 17.3 Å². The average molecular weight is 317 g/mol. The highest BCUT2D eigenvalue weighted by Crippen LogP contribution is 2.18. The number of hydrogen-bond acceptors (Lipinski definition) is 3. The summed E-state index contributed by atoms with van der Waals surface area (Å²) in [4.78, 5) is 12.2. The second-order valence-electron chi connectivity index (χ2n) is 5.22. The van der Waals surface area contributed by atoms with Crippen LogP contribution in [-0.4, -0.2) is 19.1 Å². The van der Waals surface area contributed by atoms with Crippen LogP contribution in [0.4, 0.5) is 4.39 Å². The molecule has 0 fully saturated rings. The smallest absolute Gasteiger partial charge is 0.261 e. The van der Waals surface area contributed by atoms with E-state index in [-0.39, 0.29) is 17.8 Å². The summed E-state index contributed by atoms with van der Waals surface area (Å²) < 4.78 is 23.5. The molecule has 0 saturated heterocycles. The summed E-state index contributed by atoms with van der Waals surface area (Å²) in [5, 5.41) is 2.89. The Morgan fingerprint density at radius 1 is 1.00 bits per heavy atom. The van der Waals surface area contributed by atoms with Crippen LogP contribution < -0.4 is 14.8 Å². The van der Waals surface area contributed by atoms with Crippen molar-refractivity contribution in [2.75, 3.05) is 7.11 Å². The van der Waals surface area contributed by atoms with Gasteiger partial charge >= 0.3 is 0 Å². The Balaban J connectivity index is 1.92. The number of hydrogen-bond donors (Lipinski definition) is 1. The van der Waals surface area contributed by atoms with E-state index in [9.17, 15) is 9.18 Å². The van der Waals surface area contributed by atoms with Gasteiger partial charge in [-0.15, -0.1) is 0 Å². The Morgan fingerprint density at radius 2 is 1.57 bits per heavy atom. The molecule has 2 aromatic carbocycles. The lowest BCUT2D eigenvalue weighted by molar-refractivity contribution is -0.127. The standard InChI is InChI=1S/C18H20FNO3/c1-12(14-4-8-16(22-3)9-5-14)20-18(21)13(2)23-17-10-6-15(19)7-11-17/h4-13H,1-3H3,(H,20,21). The van der Waals surface area contributed by atoms with E-state index in [0.29, 0.717) is 5.75 Å². The second-order valence-corrected chi connectivity index (χ2v) is 5.22. The summed E-state index contributed by atoms with van der Waals surface area (Å²) in [5.41, 5.74) is 0.966. The van der Waals surface area contributed by atoms with E-state index >= 15 is 0 Å². The minimum absolute atomic E-state index is 0.160. The zero-order valence-corrected chi connectivity index (χ0v) is 13.4. The maximum atomic E-state index is 12.9. The fourth-order valence-electron chi connectivity index (χ4n) is 2.08. The molecule has 1 amide bonds. The van der Waals surface area contributed by atoms with Crippen molar-refractivity contribution >= 4 is 5.91 Å². The van der Waals surface area contributed by atoms with Gasteiger partial charge in [0.05, 0.1) is 13.2 Å². The monoisotopic (exact) mass is 317 g/mol. The summed E-state index contributed by atoms with van der Waals surface area (Å²) in [6, 6.07) is 12.9. The number of methoxy groups -OCH3 is 1. The van der Waals surface area contributed by atoms with Gasteiger partial charge in [-0.3, -0.25) is 4.79 Å². The summed E-state index contributed by atoms with van der Waals surface area (Å²) in [6.45, 7) is 3.55. The number of benzene rings is 2. The van der Waals surface area contributed by atoms with Gasteiger partial charge in [-0.25, -0.2) is 4.39 Å². The van der Waals surface area contributed by atoms with E-state index in [1.807, 2.05) is 31.2 Å². The molecule has 0 bridgehead atoms. The molecule has 0 heterocycles. The van der Waals surface area contributed by atoms with Crippen LogP contribution in [0.1, 0.15) is 25.5 Å². The van der Waals surface area contributed by atoms with Crippen molar-refractivity contribution in [3.8, 4) is 11.5 Å². The Bertz CT molecular complexity index is 640. The molecule has 5 heteroatoms. The van der Waals surface area contributed by atoms with E-state index in [2.05, 4.69) is 5.32 Å². The Kier molecular flexibility index (Phi) is 5.57. The molecule has 0 radical (unpaired) electrons. The Labute approximate surface area is 135 Å². The SMILES string of the molecule is COc1ccc(C(C)NC(=O)C(C)Oc2ccc(F)cc2)cc1. The van der Waals surface area contributed by atoms with Crippen LogP contribution in [0.2, 0.25) is 0 Å². The van der Waals surface area contributed by atoms with Gasteiger partial charge in [0, 0.05) is 0 Å². The Morgan fingerprint density at radius 3 is 2.13 bits per heavy atom. The molecular weight excluding hydrogens is 297 g/mol. The van der Waals surface area contributed by atoms with Crippen LogP contribution in [0.15, 0.2) is 48.5 Å². The molecule has 2 atom stereocenters. The van der Waals surface area contributed by atoms with Crippen molar-refractivity contribution in [3.63, 3.8) is 0 Å². The van der Waals surface area contributed by atoms with Crippen molar-refractivity contribution < 1.29 is 18.7 Å². The molecule has 0 aromatic heterocycles. The van der Waals surface area contributed by atoms with E-state index in [1.54, 1.807) is 14.0 Å². The van der Waals surface area contributed by atoms with Crippen LogP contribution in [0.5, 0.6) is 11.5 Å². The molecule has 0 aliphatic heterocycles. The molecule has 122 valence electrons. The normalized spacial score (nSPS) is 13.0. The van der Waals surface area contributed by atoms with Gasteiger partial charge in [-0.1, -0.05) is 12.1 Å². The third kappa shape index (κ3) is 4.71. The van der Waals surface area contributed by atoms with Crippen LogP contribution >= 0.6 is 0 Å². The van der Waals surface area contributed by atoms with Gasteiger partial charge in [0.25, 0.3) is 5.91 Å². The lowest BCUT2D eigenvalue weighted by atomic mass is 10.1. The number of ether oxygens (including phenoxy) is 2. The lowest BCUT2D eigenvalue weighted by Crippen LogP contribution is -2.37. The predicted molar refractivity (Wildman–Crippen MR) is 86.0 cm³/mol. The summed E-state index contributed by atoms with van der Waals surface area (Å²) >= 11 is 0. The molecule has 0 saturated carbocycles. The van der Waals surface area contributed by atoms with Crippen LogP contribution in [0.3, 0.4) is 0 Å². The van der Waals surface area contributed by atoms with Gasteiger partial charge in [0.2, 0.25) is 0 Å². The van der Waals surface area contributed by atoms with Crippen LogP contribution in [0, 0.1) is 5.82 Å². The number of carbonyl (C=O) groups excluding carboxylic acids is 1. The van der Waals surface area contributed by atoms with E-state index < -0.39 is 6.10 Å². The summed E-state index contributed by atoms with van der Waals surface area (Å²) in [5.74, 6) is 0.631. The average Bonchev–Trinajstić information content (AvgIpc) is 2.56. The third-order valence-electron chi connectivity index (χ3n) is 3.47. The largest absolute Gasteiger partial charge is 0.497 e. The quantitative estimate of drug-likeness (QED) is 0.887. The van der Waals surface area contributed by atoms with Crippen molar-refractivity contribution in [1.29, 1.82) is 0 Å². The number of rotatable bonds is 6. The molecule has 23 heavy (non-hydrogen) atoms. The molecule has 2 unspecified atom stereocenters. The number of amides is 1. The first-order chi connectivity index (χ1) is 11.0. The van der Waals surface area contributed by atoms with Crippen molar-refractivity contribution in [1.82, 2.24) is 5.32 Å². The highest BCUT2D eigenvalue weighted by molar-refractivity contribution is 5.81. The highest BCUT2D eigenvalue weighted by Gasteiger charge is 2.17.